The number of aliphatic hydroxyl groups is 1. The van der Waals surface area contributed by atoms with Crippen LogP contribution in [0.15, 0.2) is 18.2 Å². The summed E-state index contributed by atoms with van der Waals surface area (Å²) in [7, 11) is 0. The maximum Gasteiger partial charge on any atom is 0.159 e. The van der Waals surface area contributed by atoms with E-state index in [4.69, 9.17) is 9.47 Å². The number of hydrogen-bond donors (Lipinski definition) is 1. The molecule has 2 unspecified atom stereocenters. The second-order valence-corrected chi connectivity index (χ2v) is 6.02. The highest BCUT2D eigenvalue weighted by atomic mass is 19.2. The summed E-state index contributed by atoms with van der Waals surface area (Å²) in [5, 5.41) is 10.5. The largest absolute Gasteiger partial charge is 0.388 e. The first kappa shape index (κ1) is 14.9. The maximum atomic E-state index is 13.3. The number of benzene rings is 1. The predicted molar refractivity (Wildman–Crippen MR) is 72.8 cm³/mol. The van der Waals surface area contributed by atoms with Crippen molar-refractivity contribution in [3.8, 4) is 0 Å². The average Bonchev–Trinajstić information content (AvgIpc) is 2.50. The summed E-state index contributed by atoms with van der Waals surface area (Å²) in [4.78, 5) is 0. The van der Waals surface area contributed by atoms with E-state index >= 15 is 0 Å². The summed E-state index contributed by atoms with van der Waals surface area (Å²) >= 11 is 0. The molecule has 1 spiro atoms. The average molecular weight is 298 g/mol. The lowest BCUT2D eigenvalue weighted by Gasteiger charge is -2.44. The molecule has 5 heteroatoms. The van der Waals surface area contributed by atoms with Crippen molar-refractivity contribution in [1.29, 1.82) is 0 Å². The molecule has 0 saturated carbocycles. The fraction of sp³-hybridized carbons (Fsp3) is 0.625. The predicted octanol–water partition coefficient (Wildman–Crippen LogP) is 2.97. The van der Waals surface area contributed by atoms with Crippen LogP contribution in [0.5, 0.6) is 0 Å². The van der Waals surface area contributed by atoms with E-state index < -0.39 is 17.7 Å². The molecule has 0 aromatic heterocycles. The summed E-state index contributed by atoms with van der Waals surface area (Å²) in [6, 6.07) is 3.61. The maximum absolute atomic E-state index is 13.3. The van der Waals surface area contributed by atoms with E-state index in [1.807, 2.05) is 0 Å². The summed E-state index contributed by atoms with van der Waals surface area (Å²) < 4.78 is 37.6. The van der Waals surface area contributed by atoms with E-state index in [0.717, 1.165) is 37.8 Å². The lowest BCUT2D eigenvalue weighted by Crippen LogP contribution is -2.45. The van der Waals surface area contributed by atoms with Gasteiger partial charge in [-0.05, 0) is 49.3 Å². The van der Waals surface area contributed by atoms with Crippen molar-refractivity contribution in [2.24, 2.45) is 5.92 Å². The van der Waals surface area contributed by atoms with Gasteiger partial charge in [0.15, 0.2) is 11.6 Å². The molecule has 2 aliphatic heterocycles. The monoisotopic (exact) mass is 298 g/mol. The van der Waals surface area contributed by atoms with Crippen LogP contribution < -0.4 is 0 Å². The van der Waals surface area contributed by atoms with Crippen LogP contribution in [-0.4, -0.2) is 30.5 Å². The SMILES string of the molecule is OC(c1ccc(F)c(F)c1)C1CCOC2(CCOCC2)C1. The molecule has 1 aromatic rings. The van der Waals surface area contributed by atoms with Crippen molar-refractivity contribution in [3.05, 3.63) is 35.4 Å². The summed E-state index contributed by atoms with van der Waals surface area (Å²) in [6.07, 6.45) is 2.32. The van der Waals surface area contributed by atoms with Gasteiger partial charge in [0.1, 0.15) is 0 Å². The molecule has 2 fully saturated rings. The lowest BCUT2D eigenvalue weighted by atomic mass is 9.77. The summed E-state index contributed by atoms with van der Waals surface area (Å²) in [5.41, 5.74) is 0.212. The van der Waals surface area contributed by atoms with Gasteiger partial charge in [0.25, 0.3) is 0 Å². The Bertz CT molecular complexity index is 495. The fourth-order valence-electron chi connectivity index (χ4n) is 3.40. The normalized spacial score (nSPS) is 26.7. The Morgan fingerprint density at radius 2 is 1.90 bits per heavy atom. The van der Waals surface area contributed by atoms with Crippen molar-refractivity contribution >= 4 is 0 Å². The van der Waals surface area contributed by atoms with Gasteiger partial charge < -0.3 is 14.6 Å². The van der Waals surface area contributed by atoms with Gasteiger partial charge in [-0.25, -0.2) is 8.78 Å². The molecule has 0 aliphatic carbocycles. The second-order valence-electron chi connectivity index (χ2n) is 6.02. The van der Waals surface area contributed by atoms with Gasteiger partial charge in [-0.15, -0.1) is 0 Å². The van der Waals surface area contributed by atoms with Gasteiger partial charge in [-0.3, -0.25) is 0 Å². The van der Waals surface area contributed by atoms with Crippen molar-refractivity contribution in [1.82, 2.24) is 0 Å². The number of halogens is 2. The molecule has 2 aliphatic rings. The first-order valence-electron chi connectivity index (χ1n) is 7.44. The lowest BCUT2D eigenvalue weighted by molar-refractivity contribution is -0.159. The van der Waals surface area contributed by atoms with E-state index in [-0.39, 0.29) is 11.5 Å². The molecule has 21 heavy (non-hydrogen) atoms. The molecule has 1 aromatic carbocycles. The standard InChI is InChI=1S/C16H20F2O3/c17-13-2-1-11(9-14(13)18)15(19)12-3-6-21-16(10-12)4-7-20-8-5-16/h1-2,9,12,15,19H,3-8,10H2. The van der Waals surface area contributed by atoms with Crippen LogP contribution in [0.4, 0.5) is 8.78 Å². The van der Waals surface area contributed by atoms with E-state index in [2.05, 4.69) is 0 Å². The first-order chi connectivity index (χ1) is 10.1. The van der Waals surface area contributed by atoms with Crippen LogP contribution in [0, 0.1) is 17.6 Å². The Hall–Kier alpha value is -1.04. The fourth-order valence-corrected chi connectivity index (χ4v) is 3.40. The van der Waals surface area contributed by atoms with Gasteiger partial charge in [0.05, 0.1) is 11.7 Å². The minimum Gasteiger partial charge on any atom is -0.388 e. The highest BCUT2D eigenvalue weighted by Gasteiger charge is 2.41. The van der Waals surface area contributed by atoms with Crippen LogP contribution in [0.25, 0.3) is 0 Å². The molecule has 1 N–H and O–H groups in total. The van der Waals surface area contributed by atoms with Crippen LogP contribution >= 0.6 is 0 Å². The molecule has 2 saturated heterocycles. The molecule has 0 amide bonds. The van der Waals surface area contributed by atoms with Gasteiger partial charge in [0, 0.05) is 19.8 Å². The van der Waals surface area contributed by atoms with Gasteiger partial charge >= 0.3 is 0 Å². The zero-order valence-corrected chi connectivity index (χ0v) is 11.9. The summed E-state index contributed by atoms with van der Waals surface area (Å²) in [5.74, 6) is -1.81. The Balaban J connectivity index is 1.74. The van der Waals surface area contributed by atoms with E-state index in [1.165, 1.54) is 6.07 Å². The molecule has 2 heterocycles. The van der Waals surface area contributed by atoms with Crippen molar-refractivity contribution in [2.75, 3.05) is 19.8 Å². The van der Waals surface area contributed by atoms with Crippen molar-refractivity contribution in [3.63, 3.8) is 0 Å². The quantitative estimate of drug-likeness (QED) is 0.912. The molecule has 3 nitrogen and oxygen atoms in total. The van der Waals surface area contributed by atoms with Crippen molar-refractivity contribution < 1.29 is 23.4 Å². The number of ether oxygens (including phenoxy) is 2. The number of hydrogen-bond acceptors (Lipinski definition) is 3. The minimum absolute atomic E-state index is 0.00158. The van der Waals surface area contributed by atoms with Crippen LogP contribution in [-0.2, 0) is 9.47 Å². The van der Waals surface area contributed by atoms with E-state index in [9.17, 15) is 13.9 Å². The third-order valence-corrected chi connectivity index (χ3v) is 4.67. The van der Waals surface area contributed by atoms with Crippen molar-refractivity contribution in [2.45, 2.75) is 37.4 Å². The zero-order valence-electron chi connectivity index (χ0n) is 11.9. The second kappa shape index (κ2) is 5.99. The third kappa shape index (κ3) is 3.10. The zero-order chi connectivity index (χ0) is 14.9. The minimum atomic E-state index is -0.917. The molecule has 3 rings (SSSR count). The first-order valence-corrected chi connectivity index (χ1v) is 7.44. The third-order valence-electron chi connectivity index (χ3n) is 4.67. The van der Waals surface area contributed by atoms with Crippen LogP contribution in [0.1, 0.15) is 37.4 Å². The van der Waals surface area contributed by atoms with Gasteiger partial charge in [-0.2, -0.15) is 0 Å². The Labute approximate surface area is 122 Å². The molecule has 2 atom stereocenters. The van der Waals surface area contributed by atoms with E-state index in [1.54, 1.807) is 0 Å². The molecule has 0 bridgehead atoms. The summed E-state index contributed by atoms with van der Waals surface area (Å²) in [6.45, 7) is 1.94. The number of aliphatic hydroxyl groups excluding tert-OH is 1. The topological polar surface area (TPSA) is 38.7 Å². The molecule has 0 radical (unpaired) electrons. The molecular formula is C16H20F2O3. The van der Waals surface area contributed by atoms with E-state index in [0.29, 0.717) is 25.4 Å². The number of rotatable bonds is 2. The Kier molecular flexibility index (Phi) is 4.24. The Morgan fingerprint density at radius 3 is 2.62 bits per heavy atom. The van der Waals surface area contributed by atoms with Gasteiger partial charge in [0.2, 0.25) is 0 Å². The smallest absolute Gasteiger partial charge is 0.159 e. The molecule has 116 valence electrons. The van der Waals surface area contributed by atoms with Crippen LogP contribution in [0.2, 0.25) is 0 Å². The van der Waals surface area contributed by atoms with Crippen LogP contribution in [0.3, 0.4) is 0 Å². The highest BCUT2D eigenvalue weighted by Crippen LogP contribution is 2.41. The Morgan fingerprint density at radius 1 is 1.14 bits per heavy atom. The molecular weight excluding hydrogens is 278 g/mol. The van der Waals surface area contributed by atoms with Gasteiger partial charge in [-0.1, -0.05) is 6.07 Å². The highest BCUT2D eigenvalue weighted by molar-refractivity contribution is 5.21.